The summed E-state index contributed by atoms with van der Waals surface area (Å²) in [5.41, 5.74) is 8.41. The molecule has 0 spiro atoms. The van der Waals surface area contributed by atoms with Crippen LogP contribution in [0.2, 0.25) is 0 Å². The number of carboxylic acid groups (broad SMARTS) is 1. The first-order chi connectivity index (χ1) is 14.5. The van der Waals surface area contributed by atoms with Crippen LogP contribution in [0.4, 0.5) is 16.2 Å². The Bertz CT molecular complexity index is 1100. The number of amides is 2. The normalized spacial score (nSPS) is 15.4. The molecule has 1 aliphatic heterocycles. The number of rotatable bonds is 4. The number of nitrogens with two attached hydrogens (primary N) is 1. The number of carbonyl (C=O) groups excluding carboxylic acids is 1. The molecule has 9 heteroatoms. The van der Waals surface area contributed by atoms with Gasteiger partial charge in [0, 0.05) is 13.0 Å². The van der Waals surface area contributed by atoms with Crippen molar-refractivity contribution < 1.29 is 19.4 Å². The van der Waals surface area contributed by atoms with Crippen molar-refractivity contribution >= 4 is 34.7 Å². The zero-order valence-electron chi connectivity index (χ0n) is 16.2. The highest BCUT2D eigenvalue weighted by Gasteiger charge is 2.35. The molecule has 2 heterocycles. The van der Waals surface area contributed by atoms with E-state index in [1.165, 1.54) is 16.2 Å². The molecule has 1 aromatic heterocycles. The maximum atomic E-state index is 12.8. The van der Waals surface area contributed by atoms with E-state index in [2.05, 4.69) is 10.3 Å². The molecule has 4 rings (SSSR count). The molecular formula is C21H20N4O4S. The van der Waals surface area contributed by atoms with E-state index in [9.17, 15) is 14.7 Å². The summed E-state index contributed by atoms with van der Waals surface area (Å²) in [5, 5.41) is 12.8. The molecule has 0 radical (unpaired) electrons. The molecule has 1 unspecified atom stereocenters. The van der Waals surface area contributed by atoms with Gasteiger partial charge in [0.05, 0.1) is 35.1 Å². The Morgan fingerprint density at radius 3 is 2.63 bits per heavy atom. The molecule has 3 aromatic rings. The number of carbonyl (C=O) groups is 2. The Hall–Kier alpha value is -3.59. The molecule has 1 aliphatic rings. The third-order valence-electron chi connectivity index (χ3n) is 4.96. The molecule has 0 saturated carbocycles. The summed E-state index contributed by atoms with van der Waals surface area (Å²) in [6.45, 7) is 0.301. The van der Waals surface area contributed by atoms with E-state index in [1.807, 2.05) is 12.1 Å². The largest absolute Gasteiger partial charge is 0.497 e. The van der Waals surface area contributed by atoms with Gasteiger partial charge in [0.15, 0.2) is 5.01 Å². The van der Waals surface area contributed by atoms with Crippen LogP contribution >= 0.6 is 11.3 Å². The number of hydrogen-bond donors (Lipinski definition) is 3. The molecule has 30 heavy (non-hydrogen) atoms. The molecule has 4 N–H and O–H groups in total. The van der Waals surface area contributed by atoms with Gasteiger partial charge in [-0.3, -0.25) is 9.69 Å². The predicted octanol–water partition coefficient (Wildman–Crippen LogP) is 3.61. The van der Waals surface area contributed by atoms with Crippen molar-refractivity contribution in [3.63, 3.8) is 0 Å². The standard InChI is InChI=1S/C21H20N4O4S/c1-29-13-8-6-12(7-9-13)17-18-16(10-11-25(17)21(27)28)24-20(30-18)19(26)23-15-5-3-2-4-14(15)22/h2-9,17H,10-11,22H2,1H3,(H,23,26)(H,27,28). The van der Waals surface area contributed by atoms with E-state index in [1.54, 1.807) is 43.5 Å². The van der Waals surface area contributed by atoms with Crippen LogP contribution in [0, 0.1) is 0 Å². The molecule has 2 aromatic carbocycles. The van der Waals surface area contributed by atoms with Gasteiger partial charge < -0.3 is 20.9 Å². The molecular weight excluding hydrogens is 404 g/mol. The number of nitrogen functional groups attached to an aromatic ring is 1. The fourth-order valence-corrected chi connectivity index (χ4v) is 4.61. The van der Waals surface area contributed by atoms with Crippen LogP contribution in [0.25, 0.3) is 0 Å². The van der Waals surface area contributed by atoms with Gasteiger partial charge in [-0.1, -0.05) is 24.3 Å². The summed E-state index contributed by atoms with van der Waals surface area (Å²) in [4.78, 5) is 31.3. The van der Waals surface area contributed by atoms with Gasteiger partial charge in [0.2, 0.25) is 0 Å². The van der Waals surface area contributed by atoms with Gasteiger partial charge in [-0.05, 0) is 29.8 Å². The lowest BCUT2D eigenvalue weighted by molar-refractivity contribution is 0.102. The number of benzene rings is 2. The fraction of sp³-hybridized carbons (Fsp3) is 0.190. The Kier molecular flexibility index (Phi) is 5.28. The highest BCUT2D eigenvalue weighted by molar-refractivity contribution is 7.14. The first kappa shape index (κ1) is 19.7. The zero-order chi connectivity index (χ0) is 21.3. The van der Waals surface area contributed by atoms with E-state index < -0.39 is 12.1 Å². The van der Waals surface area contributed by atoms with E-state index in [0.29, 0.717) is 30.1 Å². The van der Waals surface area contributed by atoms with Gasteiger partial charge in [0.1, 0.15) is 5.75 Å². The van der Waals surface area contributed by atoms with Gasteiger partial charge in [-0.15, -0.1) is 11.3 Å². The monoisotopic (exact) mass is 424 g/mol. The minimum absolute atomic E-state index is 0.272. The molecule has 154 valence electrons. The highest BCUT2D eigenvalue weighted by Crippen LogP contribution is 2.39. The third kappa shape index (κ3) is 3.67. The maximum Gasteiger partial charge on any atom is 0.408 e. The average molecular weight is 424 g/mol. The van der Waals surface area contributed by atoms with Gasteiger partial charge in [-0.25, -0.2) is 9.78 Å². The number of aromatic nitrogens is 1. The zero-order valence-corrected chi connectivity index (χ0v) is 17.0. The lowest BCUT2D eigenvalue weighted by atomic mass is 9.98. The lowest BCUT2D eigenvalue weighted by Crippen LogP contribution is -2.39. The SMILES string of the molecule is COc1ccc(C2c3sc(C(=O)Nc4ccccc4N)nc3CCN2C(=O)O)cc1. The van der Waals surface area contributed by atoms with Crippen LogP contribution in [-0.4, -0.2) is 40.6 Å². The molecule has 8 nitrogen and oxygen atoms in total. The quantitative estimate of drug-likeness (QED) is 0.551. The topological polar surface area (TPSA) is 118 Å². The molecule has 2 amide bonds. The summed E-state index contributed by atoms with van der Waals surface area (Å²) in [7, 11) is 1.57. The number of methoxy groups -OCH3 is 1. The number of ether oxygens (including phenoxy) is 1. The summed E-state index contributed by atoms with van der Waals surface area (Å²) < 4.78 is 5.20. The van der Waals surface area contributed by atoms with E-state index in [4.69, 9.17) is 10.5 Å². The lowest BCUT2D eigenvalue weighted by Gasteiger charge is -2.33. The number of nitrogens with one attached hydrogen (secondary N) is 1. The van der Waals surface area contributed by atoms with Gasteiger partial charge >= 0.3 is 6.09 Å². The van der Waals surface area contributed by atoms with E-state index in [0.717, 1.165) is 16.1 Å². The summed E-state index contributed by atoms with van der Waals surface area (Å²) in [5.74, 6) is 0.309. The van der Waals surface area contributed by atoms with Crippen molar-refractivity contribution in [1.29, 1.82) is 0 Å². The molecule has 0 saturated heterocycles. The van der Waals surface area contributed by atoms with Gasteiger partial charge in [-0.2, -0.15) is 0 Å². The van der Waals surface area contributed by atoms with Crippen molar-refractivity contribution in [1.82, 2.24) is 9.88 Å². The second kappa shape index (κ2) is 8.03. The highest BCUT2D eigenvalue weighted by atomic mass is 32.1. The van der Waals surface area contributed by atoms with Crippen LogP contribution in [-0.2, 0) is 6.42 Å². The predicted molar refractivity (Wildman–Crippen MR) is 114 cm³/mol. The smallest absolute Gasteiger partial charge is 0.408 e. The molecule has 0 bridgehead atoms. The molecule has 1 atom stereocenters. The molecule has 0 fully saturated rings. The number of nitrogens with zero attached hydrogens (tertiary/aromatic N) is 2. The number of fused-ring (bicyclic) bond motifs is 1. The van der Waals surface area contributed by atoms with Crippen molar-refractivity contribution in [2.45, 2.75) is 12.5 Å². The second-order valence-corrected chi connectivity index (χ2v) is 7.80. The van der Waals surface area contributed by atoms with Crippen LogP contribution in [0.1, 0.15) is 32.0 Å². The number of anilines is 2. The van der Waals surface area contributed by atoms with Gasteiger partial charge in [0.25, 0.3) is 5.91 Å². The van der Waals surface area contributed by atoms with Crippen LogP contribution in [0.3, 0.4) is 0 Å². The molecule has 0 aliphatic carbocycles. The number of thiazole rings is 1. The summed E-state index contributed by atoms with van der Waals surface area (Å²) in [6.07, 6.45) is -0.566. The minimum Gasteiger partial charge on any atom is -0.497 e. The average Bonchev–Trinajstić information content (AvgIpc) is 3.19. The maximum absolute atomic E-state index is 12.8. The summed E-state index contributed by atoms with van der Waals surface area (Å²) >= 11 is 1.20. The second-order valence-electron chi connectivity index (χ2n) is 6.77. The third-order valence-corrected chi connectivity index (χ3v) is 6.11. The van der Waals surface area contributed by atoms with Crippen molar-refractivity contribution in [2.24, 2.45) is 0 Å². The summed E-state index contributed by atoms with van der Waals surface area (Å²) in [6, 6.07) is 13.7. The Labute approximate surface area is 176 Å². The first-order valence-electron chi connectivity index (χ1n) is 9.27. The fourth-order valence-electron chi connectivity index (χ4n) is 3.46. The number of para-hydroxylation sites is 2. The van der Waals surface area contributed by atoms with Crippen molar-refractivity contribution in [3.8, 4) is 5.75 Å². The Morgan fingerprint density at radius 2 is 1.97 bits per heavy atom. The minimum atomic E-state index is -1.02. The Morgan fingerprint density at radius 1 is 1.23 bits per heavy atom. The Balaban J connectivity index is 1.69. The van der Waals surface area contributed by atoms with E-state index in [-0.39, 0.29) is 10.9 Å². The van der Waals surface area contributed by atoms with Crippen LogP contribution in [0.5, 0.6) is 5.75 Å². The van der Waals surface area contributed by atoms with Crippen molar-refractivity contribution in [2.75, 3.05) is 24.7 Å². The number of hydrogen-bond acceptors (Lipinski definition) is 6. The van der Waals surface area contributed by atoms with Crippen LogP contribution in [0.15, 0.2) is 48.5 Å². The van der Waals surface area contributed by atoms with E-state index >= 15 is 0 Å². The van der Waals surface area contributed by atoms with Crippen molar-refractivity contribution in [3.05, 3.63) is 69.7 Å². The first-order valence-corrected chi connectivity index (χ1v) is 10.1. The van der Waals surface area contributed by atoms with Crippen LogP contribution < -0.4 is 15.8 Å².